The van der Waals surface area contributed by atoms with Crippen molar-refractivity contribution in [3.8, 4) is 5.75 Å². The number of anilines is 1. The summed E-state index contributed by atoms with van der Waals surface area (Å²) in [6.45, 7) is 9.35. The van der Waals surface area contributed by atoms with Crippen LogP contribution in [-0.4, -0.2) is 56.6 Å². The molecule has 5 rings (SSSR count). The third-order valence-electron chi connectivity index (χ3n) is 10.8. The van der Waals surface area contributed by atoms with E-state index in [0.29, 0.717) is 36.8 Å². The second-order valence-electron chi connectivity index (χ2n) is 14.2. The molecule has 1 amide bonds. The summed E-state index contributed by atoms with van der Waals surface area (Å²) in [5.41, 5.74) is 2.58. The smallest absolute Gasteiger partial charge is 0.264 e. The first kappa shape index (κ1) is 35.7. The van der Waals surface area contributed by atoms with Crippen LogP contribution in [0.2, 0.25) is 5.02 Å². The Hall–Kier alpha value is -2.59. The summed E-state index contributed by atoms with van der Waals surface area (Å²) in [5, 5.41) is 11.0. The lowest BCUT2D eigenvalue weighted by atomic mass is 9.62. The van der Waals surface area contributed by atoms with E-state index in [2.05, 4.69) is 15.7 Å². The molecule has 10 heteroatoms. The van der Waals surface area contributed by atoms with Crippen LogP contribution in [0.5, 0.6) is 5.75 Å². The Kier molecular flexibility index (Phi) is 11.3. The number of hydrogen-bond acceptors (Lipinski definition) is 7. The third kappa shape index (κ3) is 8.01. The zero-order valence-corrected chi connectivity index (χ0v) is 29.9. The van der Waals surface area contributed by atoms with Gasteiger partial charge in [-0.1, -0.05) is 50.6 Å². The number of ether oxygens (including phenoxy) is 2. The molecule has 3 aliphatic rings. The van der Waals surface area contributed by atoms with Crippen LogP contribution in [0.3, 0.4) is 0 Å². The van der Waals surface area contributed by atoms with E-state index >= 15 is 0 Å². The molecule has 8 nitrogen and oxygen atoms in total. The van der Waals surface area contributed by atoms with Gasteiger partial charge in [0.25, 0.3) is 5.91 Å². The molecule has 2 heterocycles. The van der Waals surface area contributed by atoms with E-state index in [1.165, 1.54) is 5.56 Å². The number of aryl methyl sites for hydroxylation is 1. The number of carbonyl (C=O) groups is 1. The summed E-state index contributed by atoms with van der Waals surface area (Å²) >= 11 is 6.36. The molecule has 2 N–H and O–H groups in total. The number of fused-ring (bicyclic) bond motifs is 3. The summed E-state index contributed by atoms with van der Waals surface area (Å²) < 4.78 is 42.0. The number of nitrogens with zero attached hydrogens (tertiary/aromatic N) is 1. The summed E-state index contributed by atoms with van der Waals surface area (Å²) in [5.74, 6) is 0.220. The summed E-state index contributed by atoms with van der Waals surface area (Å²) in [6.07, 6.45) is 9.21. The van der Waals surface area contributed by atoms with Gasteiger partial charge in [-0.05, 0) is 111 Å². The van der Waals surface area contributed by atoms with Crippen molar-refractivity contribution in [2.24, 2.45) is 23.7 Å². The minimum Gasteiger partial charge on any atom is -0.487 e. The third-order valence-corrected chi connectivity index (χ3v) is 13.0. The van der Waals surface area contributed by atoms with Gasteiger partial charge in [0, 0.05) is 37.2 Å². The van der Waals surface area contributed by atoms with Gasteiger partial charge < -0.3 is 19.5 Å². The number of hydrogen-bond donors (Lipinski definition) is 2. The Balaban J connectivity index is 1.59. The van der Waals surface area contributed by atoms with Crippen LogP contribution in [0.4, 0.5) is 5.69 Å². The molecular formula is C37H51ClN2O6S. The van der Waals surface area contributed by atoms with Crippen LogP contribution < -0.4 is 14.4 Å². The van der Waals surface area contributed by atoms with Gasteiger partial charge in [0.05, 0.1) is 22.6 Å². The van der Waals surface area contributed by atoms with Gasteiger partial charge in [-0.25, -0.2) is 13.1 Å². The first-order valence-electron chi connectivity index (χ1n) is 17.1. The monoisotopic (exact) mass is 686 g/mol. The highest BCUT2D eigenvalue weighted by molar-refractivity contribution is 7.90. The number of nitrogens with one attached hydrogen (secondary N) is 1. The molecule has 0 saturated heterocycles. The number of benzene rings is 2. The Bertz CT molecular complexity index is 1560. The van der Waals surface area contributed by atoms with E-state index in [0.717, 1.165) is 49.9 Å². The standard InChI is InChI=1S/C37H51ClN2O6S/c1-24(2)34(41)21-37(45-5)17-8-9-25(3)26(4)47(43,44)39-36(42)28-13-16-35-33(20-28)40(22-29-12-15-32(29)37)18-7-6-10-27-19-31(38)14-11-30(27)23-46-35/h8,11,13-14,16-17,19-20,24-26,29,32,34,41H,6-7,9-10,12,15,18,21-23H2,1-5H3,(H,39,42)/b17-8+/t25-,26+,29-,32+,34+,37-/m0/s1. The molecule has 258 valence electrons. The number of rotatable bonds is 4. The average molecular weight is 687 g/mol. The predicted molar refractivity (Wildman–Crippen MR) is 188 cm³/mol. The van der Waals surface area contributed by atoms with Crippen molar-refractivity contribution in [1.82, 2.24) is 4.72 Å². The van der Waals surface area contributed by atoms with Gasteiger partial charge in [-0.2, -0.15) is 0 Å². The molecule has 2 bridgehead atoms. The van der Waals surface area contributed by atoms with E-state index in [1.807, 2.05) is 45.0 Å². The van der Waals surface area contributed by atoms with Crippen molar-refractivity contribution in [2.45, 2.75) is 96.2 Å². The number of carbonyl (C=O) groups excluding carboxylic acids is 1. The molecule has 2 aliphatic heterocycles. The first-order chi connectivity index (χ1) is 22.3. The molecule has 0 aromatic heterocycles. The van der Waals surface area contributed by atoms with Crippen LogP contribution in [0.1, 0.15) is 87.7 Å². The van der Waals surface area contributed by atoms with Gasteiger partial charge in [0.1, 0.15) is 12.4 Å². The molecule has 6 atom stereocenters. The molecule has 2 aromatic carbocycles. The maximum absolute atomic E-state index is 13.5. The van der Waals surface area contributed by atoms with E-state index in [4.69, 9.17) is 21.1 Å². The van der Waals surface area contributed by atoms with Gasteiger partial charge in [0.2, 0.25) is 10.0 Å². The van der Waals surface area contributed by atoms with Gasteiger partial charge in [-0.3, -0.25) is 4.79 Å². The quantitative estimate of drug-likeness (QED) is 0.336. The number of allylic oxidation sites excluding steroid dienone is 1. The second kappa shape index (κ2) is 14.9. The highest BCUT2D eigenvalue weighted by Gasteiger charge is 2.48. The minimum absolute atomic E-state index is 0.0643. The Labute approximate surface area is 285 Å². The van der Waals surface area contributed by atoms with E-state index in [9.17, 15) is 18.3 Å². The molecule has 1 saturated carbocycles. The lowest BCUT2D eigenvalue weighted by molar-refractivity contribution is -0.103. The SMILES string of the molecule is CO[C@]1(C[C@@H](O)C(C)C)/C=C/C[C@H](C)[C@@H](C)S(=O)(=O)NC(=O)c2ccc3c(c2)N(CCCCc2cc(Cl)ccc2CO3)C[C@@H]2CC[C@H]21. The van der Waals surface area contributed by atoms with E-state index < -0.39 is 32.9 Å². The van der Waals surface area contributed by atoms with Crippen LogP contribution >= 0.6 is 11.6 Å². The van der Waals surface area contributed by atoms with Crippen molar-refractivity contribution < 1.29 is 27.8 Å². The van der Waals surface area contributed by atoms with Gasteiger partial charge in [0.15, 0.2) is 0 Å². The number of aliphatic hydroxyl groups excluding tert-OH is 1. The van der Waals surface area contributed by atoms with Crippen molar-refractivity contribution in [2.75, 3.05) is 25.1 Å². The zero-order chi connectivity index (χ0) is 33.9. The van der Waals surface area contributed by atoms with Crippen molar-refractivity contribution in [3.63, 3.8) is 0 Å². The fraction of sp³-hybridized carbons (Fsp3) is 0.595. The zero-order valence-electron chi connectivity index (χ0n) is 28.4. The Morgan fingerprint density at radius 3 is 2.62 bits per heavy atom. The molecule has 47 heavy (non-hydrogen) atoms. The highest BCUT2D eigenvalue weighted by atomic mass is 35.5. The number of sulfonamides is 1. The van der Waals surface area contributed by atoms with Gasteiger partial charge >= 0.3 is 0 Å². The van der Waals surface area contributed by atoms with E-state index in [1.54, 1.807) is 32.2 Å². The summed E-state index contributed by atoms with van der Waals surface area (Å²) in [6, 6.07) is 11.1. The Morgan fingerprint density at radius 1 is 1.13 bits per heavy atom. The summed E-state index contributed by atoms with van der Waals surface area (Å²) in [4.78, 5) is 15.8. The molecule has 1 aliphatic carbocycles. The highest BCUT2D eigenvalue weighted by Crippen LogP contribution is 2.48. The normalized spacial score (nSPS) is 29.6. The number of halogens is 1. The maximum atomic E-state index is 13.5. The first-order valence-corrected chi connectivity index (χ1v) is 19.0. The lowest BCUT2D eigenvalue weighted by Gasteiger charge is -2.50. The number of amides is 1. The van der Waals surface area contributed by atoms with Gasteiger partial charge in [-0.15, -0.1) is 0 Å². The minimum atomic E-state index is -3.97. The molecule has 0 unspecified atom stereocenters. The molecule has 1 fully saturated rings. The molecule has 2 aromatic rings. The van der Waals surface area contributed by atoms with Crippen molar-refractivity contribution in [1.29, 1.82) is 0 Å². The van der Waals surface area contributed by atoms with Crippen LogP contribution in [0, 0.1) is 23.7 Å². The van der Waals surface area contributed by atoms with Crippen LogP contribution in [0.15, 0.2) is 48.6 Å². The fourth-order valence-corrected chi connectivity index (χ4v) is 8.74. The van der Waals surface area contributed by atoms with E-state index in [-0.39, 0.29) is 29.2 Å². The summed E-state index contributed by atoms with van der Waals surface area (Å²) in [7, 11) is -2.24. The topological polar surface area (TPSA) is 105 Å². The number of aliphatic hydroxyl groups is 1. The van der Waals surface area contributed by atoms with Crippen LogP contribution in [0.25, 0.3) is 0 Å². The van der Waals surface area contributed by atoms with Crippen LogP contribution in [-0.2, 0) is 27.8 Å². The lowest BCUT2D eigenvalue weighted by Crippen LogP contribution is -2.52. The largest absolute Gasteiger partial charge is 0.487 e. The van der Waals surface area contributed by atoms with Crippen molar-refractivity contribution in [3.05, 3.63) is 70.3 Å². The predicted octanol–water partition coefficient (Wildman–Crippen LogP) is 6.92. The second-order valence-corrected chi connectivity index (χ2v) is 16.7. The fourth-order valence-electron chi connectivity index (χ4n) is 7.26. The average Bonchev–Trinajstić information content (AvgIpc) is 3.04. The molecule has 0 spiro atoms. The molecular weight excluding hydrogens is 636 g/mol. The number of methoxy groups -OCH3 is 1. The maximum Gasteiger partial charge on any atom is 0.264 e. The van der Waals surface area contributed by atoms with Crippen molar-refractivity contribution >= 4 is 33.2 Å². The molecule has 0 radical (unpaired) electrons. The Morgan fingerprint density at radius 2 is 1.91 bits per heavy atom.